The van der Waals surface area contributed by atoms with Gasteiger partial charge in [-0.3, -0.25) is 9.78 Å². The van der Waals surface area contributed by atoms with Gasteiger partial charge in [-0.05, 0) is 18.2 Å². The number of anilines is 1. The van der Waals surface area contributed by atoms with Gasteiger partial charge in [0.2, 0.25) is 0 Å². The Labute approximate surface area is 103 Å². The van der Waals surface area contributed by atoms with Crippen molar-refractivity contribution >= 4 is 17.6 Å². The van der Waals surface area contributed by atoms with Crippen molar-refractivity contribution in [2.45, 2.75) is 0 Å². The number of aromatic carboxylic acids is 1. The number of aromatic nitrogens is 1. The maximum Gasteiger partial charge on any atom is 0.256 e. The second-order valence-electron chi connectivity index (χ2n) is 3.53. The fourth-order valence-corrected chi connectivity index (χ4v) is 1.49. The Morgan fingerprint density at radius 3 is 2.39 bits per heavy atom. The fraction of sp³-hybridized carbons (Fsp3) is 0. The molecule has 0 bridgehead atoms. The largest absolute Gasteiger partial charge is 0.545 e. The van der Waals surface area contributed by atoms with Gasteiger partial charge in [0.15, 0.2) is 0 Å². The minimum Gasteiger partial charge on any atom is -0.545 e. The number of benzene rings is 1. The molecule has 1 aromatic carbocycles. The highest BCUT2D eigenvalue weighted by atomic mass is 16.4. The summed E-state index contributed by atoms with van der Waals surface area (Å²) in [4.78, 5) is 26.6. The van der Waals surface area contributed by atoms with Gasteiger partial charge in [-0.2, -0.15) is 0 Å². The van der Waals surface area contributed by atoms with E-state index in [1.165, 1.54) is 24.4 Å². The van der Waals surface area contributed by atoms with E-state index in [1.807, 2.05) is 0 Å². The molecule has 1 heterocycles. The molecule has 18 heavy (non-hydrogen) atoms. The number of carboxylic acids is 1. The highest BCUT2D eigenvalue weighted by Crippen LogP contribution is 2.11. The molecule has 1 aromatic heterocycles. The van der Waals surface area contributed by atoms with Crippen LogP contribution in [0.4, 0.5) is 5.69 Å². The minimum atomic E-state index is -1.38. The van der Waals surface area contributed by atoms with Gasteiger partial charge in [0, 0.05) is 17.3 Å². The Balaban J connectivity index is 2.27. The van der Waals surface area contributed by atoms with Crippen molar-refractivity contribution in [3.05, 3.63) is 59.9 Å². The van der Waals surface area contributed by atoms with Crippen LogP contribution in [-0.2, 0) is 0 Å². The first-order valence-electron chi connectivity index (χ1n) is 5.20. The SMILES string of the molecule is O=C([O-])c1ccccc1C(=O)Nc1cccnc1. The van der Waals surface area contributed by atoms with Gasteiger partial charge in [0.05, 0.1) is 17.9 Å². The van der Waals surface area contributed by atoms with Crippen molar-refractivity contribution in [2.24, 2.45) is 0 Å². The van der Waals surface area contributed by atoms with Gasteiger partial charge in [-0.15, -0.1) is 0 Å². The summed E-state index contributed by atoms with van der Waals surface area (Å²) in [7, 11) is 0. The molecule has 0 saturated heterocycles. The lowest BCUT2D eigenvalue weighted by Gasteiger charge is -2.10. The van der Waals surface area contributed by atoms with Crippen LogP contribution < -0.4 is 10.4 Å². The lowest BCUT2D eigenvalue weighted by atomic mass is 10.1. The molecular weight excluding hydrogens is 232 g/mol. The molecular formula is C13H9N2O3-. The standard InChI is InChI=1S/C13H10N2O3/c16-12(15-9-4-3-7-14-8-9)10-5-1-2-6-11(10)13(17)18/h1-8H,(H,15,16)(H,17,18)/p-1. The molecule has 2 rings (SSSR count). The fourth-order valence-electron chi connectivity index (χ4n) is 1.49. The highest BCUT2D eigenvalue weighted by Gasteiger charge is 2.11. The van der Waals surface area contributed by atoms with E-state index < -0.39 is 11.9 Å². The van der Waals surface area contributed by atoms with Crippen LogP contribution >= 0.6 is 0 Å². The predicted molar refractivity (Wildman–Crippen MR) is 63.0 cm³/mol. The molecule has 0 saturated carbocycles. The van der Waals surface area contributed by atoms with E-state index in [-0.39, 0.29) is 11.1 Å². The summed E-state index contributed by atoms with van der Waals surface area (Å²) in [5.41, 5.74) is 0.413. The van der Waals surface area contributed by atoms with Gasteiger partial charge in [-0.1, -0.05) is 18.2 Å². The van der Waals surface area contributed by atoms with Gasteiger partial charge in [0.25, 0.3) is 5.91 Å². The van der Waals surface area contributed by atoms with Crippen molar-refractivity contribution < 1.29 is 14.7 Å². The van der Waals surface area contributed by atoms with Crippen LogP contribution in [0.1, 0.15) is 20.7 Å². The van der Waals surface area contributed by atoms with Crippen LogP contribution in [-0.4, -0.2) is 16.9 Å². The molecule has 5 heteroatoms. The van der Waals surface area contributed by atoms with E-state index in [0.717, 1.165) is 0 Å². The van der Waals surface area contributed by atoms with Crippen LogP contribution in [0.25, 0.3) is 0 Å². The smallest absolute Gasteiger partial charge is 0.256 e. The molecule has 0 aliphatic heterocycles. The number of carbonyl (C=O) groups is 2. The predicted octanol–water partition coefficient (Wildman–Crippen LogP) is 0.697. The van der Waals surface area contributed by atoms with Crippen LogP contribution in [0.15, 0.2) is 48.8 Å². The second-order valence-corrected chi connectivity index (χ2v) is 3.53. The van der Waals surface area contributed by atoms with Crippen molar-refractivity contribution in [3.8, 4) is 0 Å². The summed E-state index contributed by atoms with van der Waals surface area (Å²) >= 11 is 0. The molecule has 2 aromatic rings. The Bertz CT molecular complexity index is 582. The topological polar surface area (TPSA) is 82.1 Å². The number of hydrogen-bond donors (Lipinski definition) is 1. The van der Waals surface area contributed by atoms with Gasteiger partial charge in [-0.25, -0.2) is 0 Å². The molecule has 0 aliphatic carbocycles. The van der Waals surface area contributed by atoms with E-state index in [0.29, 0.717) is 5.69 Å². The first-order valence-corrected chi connectivity index (χ1v) is 5.20. The van der Waals surface area contributed by atoms with E-state index in [4.69, 9.17) is 0 Å². The Hall–Kier alpha value is -2.69. The van der Waals surface area contributed by atoms with Gasteiger partial charge < -0.3 is 15.2 Å². The normalized spacial score (nSPS) is 9.78. The van der Waals surface area contributed by atoms with Crippen LogP contribution in [0.5, 0.6) is 0 Å². The average Bonchev–Trinajstić information content (AvgIpc) is 2.40. The summed E-state index contributed by atoms with van der Waals surface area (Å²) < 4.78 is 0. The summed E-state index contributed by atoms with van der Waals surface area (Å²) in [6.07, 6.45) is 3.05. The minimum absolute atomic E-state index is 0.0568. The zero-order valence-corrected chi connectivity index (χ0v) is 9.29. The average molecular weight is 241 g/mol. The molecule has 0 unspecified atom stereocenters. The van der Waals surface area contributed by atoms with E-state index in [1.54, 1.807) is 24.4 Å². The molecule has 1 amide bonds. The molecule has 90 valence electrons. The number of rotatable bonds is 3. The Kier molecular flexibility index (Phi) is 3.33. The third kappa shape index (κ3) is 2.52. The van der Waals surface area contributed by atoms with Crippen LogP contribution in [0, 0.1) is 0 Å². The van der Waals surface area contributed by atoms with E-state index in [2.05, 4.69) is 10.3 Å². The summed E-state index contributed by atoms with van der Waals surface area (Å²) in [5, 5.41) is 13.4. The maximum absolute atomic E-state index is 11.9. The zero-order chi connectivity index (χ0) is 13.0. The number of nitrogens with zero attached hydrogens (tertiary/aromatic N) is 1. The summed E-state index contributed by atoms with van der Waals surface area (Å²) in [6, 6.07) is 9.20. The number of carbonyl (C=O) groups excluding carboxylic acids is 2. The van der Waals surface area contributed by atoms with Gasteiger partial charge >= 0.3 is 0 Å². The highest BCUT2D eigenvalue weighted by molar-refractivity contribution is 6.10. The lowest BCUT2D eigenvalue weighted by molar-refractivity contribution is -0.255. The van der Waals surface area contributed by atoms with Crippen LogP contribution in [0.3, 0.4) is 0 Å². The second kappa shape index (κ2) is 5.09. The van der Waals surface area contributed by atoms with Crippen molar-refractivity contribution in [3.63, 3.8) is 0 Å². The number of nitrogens with one attached hydrogen (secondary N) is 1. The molecule has 1 N–H and O–H groups in total. The number of carboxylic acid groups (broad SMARTS) is 1. The number of hydrogen-bond acceptors (Lipinski definition) is 4. The van der Waals surface area contributed by atoms with Crippen molar-refractivity contribution in [1.29, 1.82) is 0 Å². The number of amides is 1. The summed E-state index contributed by atoms with van der Waals surface area (Å²) in [6.45, 7) is 0. The zero-order valence-electron chi connectivity index (χ0n) is 9.29. The summed E-state index contributed by atoms with van der Waals surface area (Å²) in [5.74, 6) is -1.89. The van der Waals surface area contributed by atoms with Gasteiger partial charge in [0.1, 0.15) is 0 Å². The lowest BCUT2D eigenvalue weighted by Crippen LogP contribution is -2.26. The van der Waals surface area contributed by atoms with E-state index >= 15 is 0 Å². The number of pyridine rings is 1. The maximum atomic E-state index is 11.9. The van der Waals surface area contributed by atoms with Crippen molar-refractivity contribution in [1.82, 2.24) is 4.98 Å². The van der Waals surface area contributed by atoms with E-state index in [9.17, 15) is 14.7 Å². The quantitative estimate of drug-likeness (QED) is 0.857. The molecule has 0 aliphatic rings. The van der Waals surface area contributed by atoms with Crippen molar-refractivity contribution in [2.75, 3.05) is 5.32 Å². The molecule has 5 nitrogen and oxygen atoms in total. The first-order chi connectivity index (χ1) is 8.68. The molecule has 0 spiro atoms. The third-order valence-electron chi connectivity index (χ3n) is 2.31. The Morgan fingerprint density at radius 1 is 1.06 bits per heavy atom. The third-order valence-corrected chi connectivity index (χ3v) is 2.31. The first kappa shape index (κ1) is 11.8. The molecule has 0 atom stereocenters. The van der Waals surface area contributed by atoms with Crippen LogP contribution in [0.2, 0.25) is 0 Å². The molecule has 0 radical (unpaired) electrons. The monoisotopic (exact) mass is 241 g/mol. The Morgan fingerprint density at radius 2 is 1.78 bits per heavy atom. The molecule has 0 fully saturated rings.